The van der Waals surface area contributed by atoms with Gasteiger partial charge in [0.2, 0.25) is 15.9 Å². The van der Waals surface area contributed by atoms with E-state index in [9.17, 15) is 13.2 Å². The van der Waals surface area contributed by atoms with Crippen molar-refractivity contribution in [2.45, 2.75) is 36.6 Å². The number of benzene rings is 2. The van der Waals surface area contributed by atoms with E-state index < -0.39 is 16.1 Å². The van der Waals surface area contributed by atoms with E-state index in [1.54, 1.807) is 24.3 Å². The van der Waals surface area contributed by atoms with E-state index >= 15 is 0 Å². The van der Waals surface area contributed by atoms with Crippen LogP contribution in [-0.4, -0.2) is 43.2 Å². The van der Waals surface area contributed by atoms with Crippen molar-refractivity contribution < 1.29 is 13.2 Å². The fourth-order valence-corrected chi connectivity index (χ4v) is 6.00. The Balaban J connectivity index is 1.70. The summed E-state index contributed by atoms with van der Waals surface area (Å²) in [7, 11) is -3.70. The van der Waals surface area contributed by atoms with Crippen LogP contribution >= 0.6 is 15.9 Å². The van der Waals surface area contributed by atoms with Crippen molar-refractivity contribution in [3.63, 3.8) is 0 Å². The first kappa shape index (κ1) is 19.6. The first-order chi connectivity index (χ1) is 13.5. The topological polar surface area (TPSA) is 57.7 Å². The Bertz CT molecular complexity index is 969. The summed E-state index contributed by atoms with van der Waals surface area (Å²) in [5.41, 5.74) is 2.07. The molecule has 2 aromatic carbocycles. The second-order valence-corrected chi connectivity index (χ2v) is 10.1. The minimum absolute atomic E-state index is 0.0372. The van der Waals surface area contributed by atoms with Gasteiger partial charge in [-0.2, -0.15) is 4.31 Å². The summed E-state index contributed by atoms with van der Waals surface area (Å²) in [4.78, 5) is 15.0. The van der Waals surface area contributed by atoms with Crippen molar-refractivity contribution in [1.29, 1.82) is 0 Å². The molecule has 1 atom stereocenters. The summed E-state index contributed by atoms with van der Waals surface area (Å²) in [5, 5.41) is 0. The number of carbonyl (C=O) groups is 1. The van der Waals surface area contributed by atoms with Crippen LogP contribution in [0.4, 0.5) is 0 Å². The van der Waals surface area contributed by atoms with Crippen molar-refractivity contribution in [3.05, 3.63) is 64.1 Å². The molecule has 2 aliphatic rings. The third kappa shape index (κ3) is 3.75. The molecule has 2 aliphatic heterocycles. The van der Waals surface area contributed by atoms with Crippen LogP contribution in [0, 0.1) is 0 Å². The van der Waals surface area contributed by atoms with Crippen LogP contribution in [-0.2, 0) is 21.2 Å². The van der Waals surface area contributed by atoms with Crippen LogP contribution in [0.25, 0.3) is 0 Å². The first-order valence-electron chi connectivity index (χ1n) is 9.60. The number of carbonyl (C=O) groups excluding carboxylic acids is 1. The van der Waals surface area contributed by atoms with E-state index in [1.807, 2.05) is 29.2 Å². The first-order valence-corrected chi connectivity index (χ1v) is 11.8. The fourth-order valence-electron chi connectivity index (χ4n) is 4.13. The molecular weight excluding hydrogens is 440 g/mol. The predicted octanol–water partition coefficient (Wildman–Crippen LogP) is 3.75. The second kappa shape index (κ2) is 7.97. The molecule has 0 aliphatic carbocycles. The third-order valence-electron chi connectivity index (χ3n) is 5.61. The highest BCUT2D eigenvalue weighted by molar-refractivity contribution is 9.10. The summed E-state index contributed by atoms with van der Waals surface area (Å²) >= 11 is 3.35. The number of halogens is 1. The third-order valence-corrected chi connectivity index (χ3v) is 8.06. The van der Waals surface area contributed by atoms with Crippen molar-refractivity contribution in [3.8, 4) is 0 Å². The molecule has 28 heavy (non-hydrogen) atoms. The monoisotopic (exact) mass is 462 g/mol. The molecule has 0 radical (unpaired) electrons. The van der Waals surface area contributed by atoms with Gasteiger partial charge < -0.3 is 4.90 Å². The summed E-state index contributed by atoms with van der Waals surface area (Å²) in [6, 6.07) is 14.1. The molecule has 0 bridgehead atoms. The quantitative estimate of drug-likeness (QED) is 0.694. The van der Waals surface area contributed by atoms with Gasteiger partial charge in [0.15, 0.2) is 0 Å². The van der Waals surface area contributed by atoms with E-state index in [-0.39, 0.29) is 17.2 Å². The highest BCUT2D eigenvalue weighted by Crippen LogP contribution is 2.37. The number of likely N-dealkylation sites (tertiary alicyclic amines) is 1. The van der Waals surface area contributed by atoms with Gasteiger partial charge in [0.1, 0.15) is 0 Å². The number of amides is 1. The molecule has 5 nitrogen and oxygen atoms in total. The molecule has 0 spiro atoms. The molecule has 4 rings (SSSR count). The SMILES string of the molecule is O=C(C[C@H]1c2ccccc2CCN1S(=O)(=O)c1ccc(Br)cc1)N1CCCC1. The Morgan fingerprint density at radius 1 is 1.00 bits per heavy atom. The molecule has 148 valence electrons. The fraction of sp³-hybridized carbons (Fsp3) is 0.381. The van der Waals surface area contributed by atoms with E-state index in [1.165, 1.54) is 4.31 Å². The lowest BCUT2D eigenvalue weighted by molar-refractivity contribution is -0.131. The molecule has 7 heteroatoms. The van der Waals surface area contributed by atoms with E-state index in [4.69, 9.17) is 0 Å². The minimum atomic E-state index is -3.70. The van der Waals surface area contributed by atoms with Gasteiger partial charge in [-0.25, -0.2) is 8.42 Å². The maximum Gasteiger partial charge on any atom is 0.243 e. The molecule has 1 fully saturated rings. The van der Waals surface area contributed by atoms with Gasteiger partial charge in [0.25, 0.3) is 0 Å². The zero-order valence-electron chi connectivity index (χ0n) is 15.6. The van der Waals surface area contributed by atoms with Crippen LogP contribution in [0.2, 0.25) is 0 Å². The van der Waals surface area contributed by atoms with Crippen molar-refractivity contribution in [2.75, 3.05) is 19.6 Å². The van der Waals surface area contributed by atoms with Crippen molar-refractivity contribution in [2.24, 2.45) is 0 Å². The average Bonchev–Trinajstić information content (AvgIpc) is 3.23. The molecule has 0 N–H and O–H groups in total. The lowest BCUT2D eigenvalue weighted by Crippen LogP contribution is -2.42. The number of hydrogen-bond acceptors (Lipinski definition) is 3. The highest BCUT2D eigenvalue weighted by Gasteiger charge is 2.38. The largest absolute Gasteiger partial charge is 0.343 e. The molecule has 1 amide bonds. The van der Waals surface area contributed by atoms with Crippen LogP contribution < -0.4 is 0 Å². The molecule has 0 aromatic heterocycles. The lowest BCUT2D eigenvalue weighted by atomic mass is 9.92. The average molecular weight is 463 g/mol. The highest BCUT2D eigenvalue weighted by atomic mass is 79.9. The summed E-state index contributed by atoms with van der Waals surface area (Å²) in [5.74, 6) is 0.0372. The van der Waals surface area contributed by atoms with Gasteiger partial charge in [0.05, 0.1) is 10.9 Å². The molecule has 1 saturated heterocycles. The molecular formula is C21H23BrN2O3S. The maximum atomic E-state index is 13.4. The number of hydrogen-bond donors (Lipinski definition) is 0. The van der Waals surface area contributed by atoms with E-state index in [2.05, 4.69) is 15.9 Å². The van der Waals surface area contributed by atoms with Gasteiger partial charge in [-0.05, 0) is 54.7 Å². The molecule has 2 aromatic rings. The van der Waals surface area contributed by atoms with Crippen LogP contribution in [0.3, 0.4) is 0 Å². The molecule has 0 saturated carbocycles. The number of nitrogens with zero attached hydrogens (tertiary/aromatic N) is 2. The molecule has 0 unspecified atom stereocenters. The lowest BCUT2D eigenvalue weighted by Gasteiger charge is -2.36. The van der Waals surface area contributed by atoms with Gasteiger partial charge in [0, 0.05) is 30.5 Å². The Kier molecular flexibility index (Phi) is 5.58. The Morgan fingerprint density at radius 2 is 1.68 bits per heavy atom. The van der Waals surface area contributed by atoms with Gasteiger partial charge in [-0.3, -0.25) is 4.79 Å². The zero-order valence-corrected chi connectivity index (χ0v) is 18.0. The van der Waals surface area contributed by atoms with E-state index in [0.717, 1.165) is 41.5 Å². The summed E-state index contributed by atoms with van der Waals surface area (Å²) in [6.45, 7) is 1.92. The predicted molar refractivity (Wildman–Crippen MR) is 111 cm³/mol. The van der Waals surface area contributed by atoms with E-state index in [0.29, 0.717) is 13.0 Å². The molecule has 2 heterocycles. The smallest absolute Gasteiger partial charge is 0.243 e. The Labute approximate surface area is 174 Å². The van der Waals surface area contributed by atoms with Crippen LogP contribution in [0.5, 0.6) is 0 Å². The standard InChI is InChI=1S/C21H23BrN2O3S/c22-17-7-9-18(10-8-17)28(26,27)24-14-11-16-5-1-2-6-19(16)20(24)15-21(25)23-12-3-4-13-23/h1-2,5-10,20H,3-4,11-15H2/t20-/m0/s1. The van der Waals surface area contributed by atoms with Gasteiger partial charge in [-0.15, -0.1) is 0 Å². The Morgan fingerprint density at radius 3 is 2.39 bits per heavy atom. The number of sulfonamides is 1. The van der Waals surface area contributed by atoms with Crippen LogP contribution in [0.15, 0.2) is 57.9 Å². The van der Waals surface area contributed by atoms with Crippen molar-refractivity contribution in [1.82, 2.24) is 9.21 Å². The Hall–Kier alpha value is -1.70. The summed E-state index contributed by atoms with van der Waals surface area (Å²) in [6.07, 6.45) is 2.88. The minimum Gasteiger partial charge on any atom is -0.343 e. The number of fused-ring (bicyclic) bond motifs is 1. The van der Waals surface area contributed by atoms with Crippen LogP contribution in [0.1, 0.15) is 36.4 Å². The number of rotatable bonds is 4. The summed E-state index contributed by atoms with van der Waals surface area (Å²) < 4.78 is 29.2. The zero-order chi connectivity index (χ0) is 19.7. The second-order valence-electron chi connectivity index (χ2n) is 7.33. The van der Waals surface area contributed by atoms with Gasteiger partial charge in [-0.1, -0.05) is 40.2 Å². The van der Waals surface area contributed by atoms with Crippen molar-refractivity contribution >= 4 is 31.9 Å². The maximum absolute atomic E-state index is 13.4. The normalized spacial score (nSPS) is 20.2. The van der Waals surface area contributed by atoms with Gasteiger partial charge >= 0.3 is 0 Å².